The molecular formula is C9H21N3O4. The highest BCUT2D eigenvalue weighted by molar-refractivity contribution is 5.85. The Bertz CT molecular complexity index is 179. The lowest BCUT2D eigenvalue weighted by Crippen LogP contribution is -2.71. The van der Waals surface area contributed by atoms with Gasteiger partial charge in [0.15, 0.2) is 11.6 Å². The number of hydrogen-bond acceptors (Lipinski definition) is 7. The van der Waals surface area contributed by atoms with Crippen LogP contribution < -0.4 is 16.0 Å². The Morgan fingerprint density at radius 2 is 1.25 bits per heavy atom. The van der Waals surface area contributed by atoms with Gasteiger partial charge in [0.05, 0.1) is 19.8 Å². The van der Waals surface area contributed by atoms with Crippen LogP contribution in [0.5, 0.6) is 0 Å². The number of hydrogen-bond donors (Lipinski definition) is 6. The monoisotopic (exact) mass is 235 g/mol. The van der Waals surface area contributed by atoms with E-state index in [9.17, 15) is 4.79 Å². The zero-order valence-corrected chi connectivity index (χ0v) is 9.49. The lowest BCUT2D eigenvalue weighted by atomic mass is 10.2. The number of aliphatic hydroxyl groups excluding tert-OH is 3. The van der Waals surface area contributed by atoms with Crippen LogP contribution in [0.4, 0.5) is 0 Å². The first-order valence-electron chi connectivity index (χ1n) is 5.21. The highest BCUT2D eigenvalue weighted by atomic mass is 16.3. The molecule has 0 aromatic rings. The molecule has 0 fully saturated rings. The van der Waals surface area contributed by atoms with E-state index in [1.165, 1.54) is 6.92 Å². The van der Waals surface area contributed by atoms with E-state index < -0.39 is 5.79 Å². The van der Waals surface area contributed by atoms with Crippen LogP contribution in [0.2, 0.25) is 0 Å². The van der Waals surface area contributed by atoms with Crippen molar-refractivity contribution in [1.82, 2.24) is 16.0 Å². The summed E-state index contributed by atoms with van der Waals surface area (Å²) < 4.78 is 0. The maximum absolute atomic E-state index is 11.6. The molecule has 0 radical (unpaired) electrons. The van der Waals surface area contributed by atoms with Gasteiger partial charge in [0.1, 0.15) is 0 Å². The van der Waals surface area contributed by atoms with Crippen molar-refractivity contribution in [3.63, 3.8) is 0 Å². The molecule has 0 unspecified atom stereocenters. The van der Waals surface area contributed by atoms with Gasteiger partial charge >= 0.3 is 0 Å². The second kappa shape index (κ2) is 8.57. The topological polar surface area (TPSA) is 114 Å². The van der Waals surface area contributed by atoms with E-state index in [1.54, 1.807) is 0 Å². The van der Waals surface area contributed by atoms with Gasteiger partial charge in [-0.3, -0.25) is 20.7 Å². The third kappa shape index (κ3) is 4.97. The van der Waals surface area contributed by atoms with Crippen molar-refractivity contribution >= 4 is 5.78 Å². The van der Waals surface area contributed by atoms with Crippen LogP contribution in [0.15, 0.2) is 0 Å². The Balaban J connectivity index is 4.52. The highest BCUT2D eigenvalue weighted by Gasteiger charge is 2.33. The van der Waals surface area contributed by atoms with Crippen LogP contribution in [-0.2, 0) is 4.79 Å². The van der Waals surface area contributed by atoms with Crippen LogP contribution in [0.3, 0.4) is 0 Å². The largest absolute Gasteiger partial charge is 0.395 e. The standard InChI is InChI=1S/C9H21N3O4/c1-8(16)9(10-2-5-13,11-3-6-14)12-4-7-15/h10-15H,2-7H2,1H3. The number of carbonyl (C=O) groups excluding carboxylic acids is 1. The van der Waals surface area contributed by atoms with Crippen LogP contribution in [-0.4, -0.2) is 66.3 Å². The maximum Gasteiger partial charge on any atom is 0.184 e. The van der Waals surface area contributed by atoms with Gasteiger partial charge in [-0.15, -0.1) is 0 Å². The van der Waals surface area contributed by atoms with Crippen LogP contribution in [0, 0.1) is 0 Å². The van der Waals surface area contributed by atoms with Gasteiger partial charge in [0.2, 0.25) is 0 Å². The normalized spacial score (nSPS) is 11.8. The van der Waals surface area contributed by atoms with E-state index in [2.05, 4.69) is 16.0 Å². The molecule has 0 spiro atoms. The third-order valence-corrected chi connectivity index (χ3v) is 2.03. The first kappa shape index (κ1) is 15.4. The number of ketones is 1. The molecule has 16 heavy (non-hydrogen) atoms. The van der Waals surface area contributed by atoms with Crippen molar-refractivity contribution < 1.29 is 20.1 Å². The van der Waals surface area contributed by atoms with E-state index in [1.807, 2.05) is 0 Å². The molecular weight excluding hydrogens is 214 g/mol. The lowest BCUT2D eigenvalue weighted by Gasteiger charge is -2.34. The molecule has 0 heterocycles. The third-order valence-electron chi connectivity index (χ3n) is 2.03. The molecule has 0 aromatic heterocycles. The molecule has 0 amide bonds. The van der Waals surface area contributed by atoms with E-state index in [0.717, 1.165) is 0 Å². The predicted molar refractivity (Wildman–Crippen MR) is 58.7 cm³/mol. The second-order valence-corrected chi connectivity index (χ2v) is 3.26. The van der Waals surface area contributed by atoms with Crippen molar-refractivity contribution in [3.05, 3.63) is 0 Å². The molecule has 6 N–H and O–H groups in total. The van der Waals surface area contributed by atoms with Crippen LogP contribution in [0.1, 0.15) is 6.92 Å². The maximum atomic E-state index is 11.6. The number of aliphatic hydroxyl groups is 3. The van der Waals surface area contributed by atoms with E-state index in [-0.39, 0.29) is 45.2 Å². The van der Waals surface area contributed by atoms with E-state index >= 15 is 0 Å². The van der Waals surface area contributed by atoms with Gasteiger partial charge in [0.25, 0.3) is 0 Å². The molecule has 0 rings (SSSR count). The van der Waals surface area contributed by atoms with Crippen molar-refractivity contribution in [1.29, 1.82) is 0 Å². The fourth-order valence-corrected chi connectivity index (χ4v) is 1.29. The SMILES string of the molecule is CC(=O)C(NCCO)(NCCO)NCCO. The van der Waals surface area contributed by atoms with Crippen molar-refractivity contribution in [2.45, 2.75) is 12.7 Å². The summed E-state index contributed by atoms with van der Waals surface area (Å²) in [7, 11) is 0. The molecule has 7 heteroatoms. The van der Waals surface area contributed by atoms with Gasteiger partial charge in [0, 0.05) is 19.6 Å². The lowest BCUT2D eigenvalue weighted by molar-refractivity contribution is -0.126. The average molecular weight is 235 g/mol. The molecule has 0 saturated carbocycles. The highest BCUT2D eigenvalue weighted by Crippen LogP contribution is 1.97. The summed E-state index contributed by atoms with van der Waals surface area (Å²) in [6.45, 7) is 1.69. The smallest absolute Gasteiger partial charge is 0.184 e. The molecule has 0 aromatic carbocycles. The quantitative estimate of drug-likeness (QED) is 0.223. The Morgan fingerprint density at radius 3 is 1.44 bits per heavy atom. The van der Waals surface area contributed by atoms with E-state index in [0.29, 0.717) is 0 Å². The Hall–Kier alpha value is -0.570. The van der Waals surface area contributed by atoms with Gasteiger partial charge in [-0.1, -0.05) is 0 Å². The summed E-state index contributed by atoms with van der Waals surface area (Å²) >= 11 is 0. The minimum atomic E-state index is -1.21. The van der Waals surface area contributed by atoms with Crippen molar-refractivity contribution in [2.24, 2.45) is 0 Å². The van der Waals surface area contributed by atoms with Crippen LogP contribution >= 0.6 is 0 Å². The van der Waals surface area contributed by atoms with Gasteiger partial charge in [-0.05, 0) is 6.92 Å². The molecule has 0 aliphatic heterocycles. The molecule has 0 saturated heterocycles. The summed E-state index contributed by atoms with van der Waals surface area (Å²) in [6, 6.07) is 0. The minimum absolute atomic E-state index is 0.114. The molecule has 0 bridgehead atoms. The minimum Gasteiger partial charge on any atom is -0.395 e. The summed E-state index contributed by atoms with van der Waals surface area (Å²) in [5, 5.41) is 34.6. The van der Waals surface area contributed by atoms with Gasteiger partial charge in [-0.25, -0.2) is 0 Å². The Morgan fingerprint density at radius 1 is 0.938 bits per heavy atom. The fourth-order valence-electron chi connectivity index (χ4n) is 1.29. The summed E-state index contributed by atoms with van der Waals surface area (Å²) in [6.07, 6.45) is 0. The predicted octanol–water partition coefficient (Wildman–Crippen LogP) is -3.03. The average Bonchev–Trinajstić information content (AvgIpc) is 2.28. The second-order valence-electron chi connectivity index (χ2n) is 3.26. The summed E-state index contributed by atoms with van der Waals surface area (Å²) in [5.74, 6) is -1.45. The van der Waals surface area contributed by atoms with E-state index in [4.69, 9.17) is 15.3 Å². The first-order chi connectivity index (χ1) is 7.63. The Labute approximate surface area is 94.9 Å². The molecule has 0 aliphatic carbocycles. The molecule has 96 valence electrons. The summed E-state index contributed by atoms with van der Waals surface area (Å²) in [5.41, 5.74) is 0. The number of carbonyl (C=O) groups is 1. The van der Waals surface area contributed by atoms with Gasteiger partial charge < -0.3 is 15.3 Å². The first-order valence-corrected chi connectivity index (χ1v) is 5.21. The molecule has 7 nitrogen and oxygen atoms in total. The van der Waals surface area contributed by atoms with Crippen LogP contribution in [0.25, 0.3) is 0 Å². The molecule has 0 atom stereocenters. The van der Waals surface area contributed by atoms with Gasteiger partial charge in [-0.2, -0.15) is 0 Å². The number of rotatable bonds is 10. The van der Waals surface area contributed by atoms with Crippen molar-refractivity contribution in [2.75, 3.05) is 39.5 Å². The number of nitrogens with one attached hydrogen (secondary N) is 3. The Kier molecular flexibility index (Phi) is 8.26. The number of Topliss-reactive ketones (excluding diaryl/α,β-unsaturated/α-hetero) is 1. The summed E-state index contributed by atoms with van der Waals surface area (Å²) in [4.78, 5) is 11.6. The molecule has 0 aliphatic rings. The zero-order chi connectivity index (χ0) is 12.4. The fraction of sp³-hybridized carbons (Fsp3) is 0.889. The zero-order valence-electron chi connectivity index (χ0n) is 9.49. The van der Waals surface area contributed by atoms with Crippen molar-refractivity contribution in [3.8, 4) is 0 Å².